The molecule has 0 aliphatic rings. The highest BCUT2D eigenvalue weighted by atomic mass is 19.1. The highest BCUT2D eigenvalue weighted by Gasteiger charge is 2.19. The Labute approximate surface area is 146 Å². The van der Waals surface area contributed by atoms with Crippen molar-refractivity contribution >= 4 is 5.65 Å². The molecule has 0 aliphatic carbocycles. The maximum Gasteiger partial charge on any atom is 0.258 e. The van der Waals surface area contributed by atoms with Gasteiger partial charge in [0.05, 0.1) is 0 Å². The van der Waals surface area contributed by atoms with Crippen LogP contribution < -0.4 is 10.9 Å². The van der Waals surface area contributed by atoms with Crippen LogP contribution in [-0.4, -0.2) is 9.38 Å². The Kier molecular flexibility index (Phi) is 4.95. The van der Waals surface area contributed by atoms with Crippen LogP contribution in [0, 0.1) is 18.7 Å². The summed E-state index contributed by atoms with van der Waals surface area (Å²) in [5.74, 6) is 0.139. The van der Waals surface area contributed by atoms with Gasteiger partial charge in [0.15, 0.2) is 0 Å². The first-order chi connectivity index (χ1) is 12.0. The SMILES string of the molecule is Cc1cccc2nc(C[NH2+][C@H](c3ccc(F)cc3)C(C)C)cc(=O)n12. The molecule has 0 saturated heterocycles. The van der Waals surface area contributed by atoms with E-state index in [1.165, 1.54) is 12.1 Å². The maximum atomic E-state index is 13.2. The molecule has 2 aromatic heterocycles. The van der Waals surface area contributed by atoms with Crippen molar-refractivity contribution < 1.29 is 9.71 Å². The molecular formula is C20H23FN3O+. The Morgan fingerprint density at radius 2 is 1.88 bits per heavy atom. The van der Waals surface area contributed by atoms with E-state index in [2.05, 4.69) is 24.1 Å². The molecule has 5 heteroatoms. The molecular weight excluding hydrogens is 317 g/mol. The van der Waals surface area contributed by atoms with Crippen molar-refractivity contribution in [3.05, 3.63) is 81.7 Å². The predicted molar refractivity (Wildman–Crippen MR) is 95.8 cm³/mol. The monoisotopic (exact) mass is 340 g/mol. The highest BCUT2D eigenvalue weighted by Crippen LogP contribution is 2.18. The second-order valence-corrected chi connectivity index (χ2v) is 6.71. The van der Waals surface area contributed by atoms with E-state index in [1.807, 2.05) is 37.3 Å². The quantitative estimate of drug-likeness (QED) is 0.776. The average molecular weight is 340 g/mol. The van der Waals surface area contributed by atoms with E-state index in [1.54, 1.807) is 10.5 Å². The van der Waals surface area contributed by atoms with Gasteiger partial charge in [0, 0.05) is 23.2 Å². The van der Waals surface area contributed by atoms with Crippen LogP contribution in [0.5, 0.6) is 0 Å². The van der Waals surface area contributed by atoms with Crippen LogP contribution in [0.25, 0.3) is 5.65 Å². The van der Waals surface area contributed by atoms with Crippen LogP contribution >= 0.6 is 0 Å². The fourth-order valence-electron chi connectivity index (χ4n) is 3.19. The second-order valence-electron chi connectivity index (χ2n) is 6.71. The van der Waals surface area contributed by atoms with Gasteiger partial charge >= 0.3 is 0 Å². The van der Waals surface area contributed by atoms with Gasteiger partial charge in [0.1, 0.15) is 29.7 Å². The van der Waals surface area contributed by atoms with Crippen molar-refractivity contribution in [1.29, 1.82) is 0 Å². The fraction of sp³-hybridized carbons (Fsp3) is 0.300. The first-order valence-electron chi connectivity index (χ1n) is 8.53. The molecule has 0 saturated carbocycles. The van der Waals surface area contributed by atoms with Gasteiger partial charge in [-0.3, -0.25) is 9.20 Å². The zero-order valence-corrected chi connectivity index (χ0v) is 14.7. The van der Waals surface area contributed by atoms with Gasteiger partial charge in [-0.2, -0.15) is 0 Å². The molecule has 0 aliphatic heterocycles. The average Bonchev–Trinajstić information content (AvgIpc) is 2.56. The molecule has 2 heterocycles. The third-order valence-corrected chi connectivity index (χ3v) is 4.49. The number of nitrogens with zero attached hydrogens (tertiary/aromatic N) is 2. The number of hydrogen-bond acceptors (Lipinski definition) is 2. The standard InChI is InChI=1S/C20H22FN3O/c1-13(2)20(15-7-9-16(21)10-8-15)22-12-17-11-19(25)24-14(3)5-4-6-18(24)23-17/h4-11,13,20,22H,12H2,1-3H3/p+1/t20-/m0/s1. The number of fused-ring (bicyclic) bond motifs is 1. The molecule has 0 amide bonds. The summed E-state index contributed by atoms with van der Waals surface area (Å²) in [7, 11) is 0. The molecule has 0 radical (unpaired) electrons. The molecule has 1 atom stereocenters. The number of aryl methyl sites for hydroxylation is 1. The van der Waals surface area contributed by atoms with Gasteiger partial charge < -0.3 is 5.32 Å². The van der Waals surface area contributed by atoms with Crippen LogP contribution in [0.15, 0.2) is 53.3 Å². The summed E-state index contributed by atoms with van der Waals surface area (Å²) in [5, 5.41) is 2.16. The summed E-state index contributed by atoms with van der Waals surface area (Å²) >= 11 is 0. The van der Waals surface area contributed by atoms with Crippen molar-refractivity contribution in [1.82, 2.24) is 9.38 Å². The smallest absolute Gasteiger partial charge is 0.258 e. The van der Waals surface area contributed by atoms with Gasteiger partial charge in [0.25, 0.3) is 5.56 Å². The van der Waals surface area contributed by atoms with Crippen LogP contribution in [0.4, 0.5) is 4.39 Å². The molecule has 4 nitrogen and oxygen atoms in total. The van der Waals surface area contributed by atoms with Crippen molar-refractivity contribution in [2.45, 2.75) is 33.4 Å². The number of hydrogen-bond donors (Lipinski definition) is 1. The van der Waals surface area contributed by atoms with Crippen molar-refractivity contribution in [3.8, 4) is 0 Å². The normalized spacial score (nSPS) is 12.7. The summed E-state index contributed by atoms with van der Waals surface area (Å²) < 4.78 is 14.8. The van der Waals surface area contributed by atoms with Gasteiger partial charge in [-0.15, -0.1) is 0 Å². The summed E-state index contributed by atoms with van der Waals surface area (Å²) in [6.45, 7) is 6.76. The van der Waals surface area contributed by atoms with Crippen molar-refractivity contribution in [2.75, 3.05) is 0 Å². The number of pyridine rings is 1. The second kappa shape index (κ2) is 7.15. The summed E-state index contributed by atoms with van der Waals surface area (Å²) in [5.41, 5.74) is 3.30. The van der Waals surface area contributed by atoms with Gasteiger partial charge in [-0.05, 0) is 31.2 Å². The Morgan fingerprint density at radius 3 is 2.56 bits per heavy atom. The number of quaternary nitrogens is 1. The lowest BCUT2D eigenvalue weighted by Gasteiger charge is -2.19. The Balaban J connectivity index is 1.85. The zero-order valence-electron chi connectivity index (χ0n) is 14.7. The number of rotatable bonds is 5. The Bertz CT molecular complexity index is 932. The topological polar surface area (TPSA) is 51.0 Å². The van der Waals surface area contributed by atoms with E-state index in [0.717, 1.165) is 17.0 Å². The summed E-state index contributed by atoms with van der Waals surface area (Å²) in [4.78, 5) is 17.0. The number of nitrogens with two attached hydrogens (primary N) is 1. The molecule has 0 fully saturated rings. The van der Waals surface area contributed by atoms with E-state index in [0.29, 0.717) is 18.1 Å². The van der Waals surface area contributed by atoms with Gasteiger partial charge in [-0.25, -0.2) is 9.37 Å². The maximum absolute atomic E-state index is 13.2. The fourth-order valence-corrected chi connectivity index (χ4v) is 3.19. The number of aromatic nitrogens is 2. The third-order valence-electron chi connectivity index (χ3n) is 4.49. The minimum atomic E-state index is -0.231. The molecule has 25 heavy (non-hydrogen) atoms. The molecule has 0 spiro atoms. The lowest BCUT2D eigenvalue weighted by Crippen LogP contribution is -2.84. The molecule has 2 N–H and O–H groups in total. The Morgan fingerprint density at radius 1 is 1.16 bits per heavy atom. The van der Waals surface area contributed by atoms with Gasteiger partial charge in [0.2, 0.25) is 0 Å². The number of halogens is 1. The summed E-state index contributed by atoms with van der Waals surface area (Å²) in [6, 6.07) is 14.0. The van der Waals surface area contributed by atoms with E-state index < -0.39 is 0 Å². The van der Waals surface area contributed by atoms with Crippen molar-refractivity contribution in [3.63, 3.8) is 0 Å². The largest absolute Gasteiger partial charge is 0.335 e. The highest BCUT2D eigenvalue weighted by molar-refractivity contribution is 5.40. The van der Waals surface area contributed by atoms with E-state index in [-0.39, 0.29) is 17.4 Å². The first-order valence-corrected chi connectivity index (χ1v) is 8.53. The van der Waals surface area contributed by atoms with Crippen molar-refractivity contribution in [2.24, 2.45) is 5.92 Å². The van der Waals surface area contributed by atoms with E-state index in [4.69, 9.17) is 0 Å². The molecule has 3 rings (SSSR count). The summed E-state index contributed by atoms with van der Waals surface area (Å²) in [6.07, 6.45) is 0. The van der Waals surface area contributed by atoms with Crippen LogP contribution in [0.3, 0.4) is 0 Å². The zero-order chi connectivity index (χ0) is 18.0. The molecule has 3 aromatic rings. The van der Waals surface area contributed by atoms with Crippen LogP contribution in [0.1, 0.15) is 36.8 Å². The number of benzene rings is 1. The van der Waals surface area contributed by atoms with E-state index in [9.17, 15) is 9.18 Å². The van der Waals surface area contributed by atoms with Crippen LogP contribution in [-0.2, 0) is 6.54 Å². The molecule has 1 aromatic carbocycles. The van der Waals surface area contributed by atoms with Gasteiger partial charge in [-0.1, -0.05) is 32.0 Å². The minimum Gasteiger partial charge on any atom is -0.335 e. The van der Waals surface area contributed by atoms with E-state index >= 15 is 0 Å². The molecule has 130 valence electrons. The first kappa shape index (κ1) is 17.3. The van der Waals surface area contributed by atoms with Crippen LogP contribution in [0.2, 0.25) is 0 Å². The lowest BCUT2D eigenvalue weighted by atomic mass is 9.96. The molecule has 0 bridgehead atoms. The predicted octanol–water partition coefficient (Wildman–Crippen LogP) is 2.60. The minimum absolute atomic E-state index is 0.0608. The molecule has 0 unspecified atom stereocenters. The lowest BCUT2D eigenvalue weighted by molar-refractivity contribution is -0.717. The third kappa shape index (κ3) is 3.77. The Hall–Kier alpha value is -2.53.